The first-order valence-electron chi connectivity index (χ1n) is 11.6. The highest BCUT2D eigenvalue weighted by molar-refractivity contribution is 7.23. The van der Waals surface area contributed by atoms with E-state index in [1.807, 2.05) is 22.7 Å². The maximum atomic E-state index is 2.34. The number of aryl methyl sites for hydroxylation is 2. The summed E-state index contributed by atoms with van der Waals surface area (Å²) < 4.78 is 2.75. The molecule has 0 atom stereocenters. The van der Waals surface area contributed by atoms with Crippen LogP contribution in [-0.4, -0.2) is 0 Å². The predicted molar refractivity (Wildman–Crippen MR) is 153 cm³/mol. The Morgan fingerprint density at radius 1 is 0.441 bits per heavy atom. The van der Waals surface area contributed by atoms with Crippen LogP contribution >= 0.6 is 22.7 Å². The summed E-state index contributed by atoms with van der Waals surface area (Å²) in [5.41, 5.74) is 5.21. The molecule has 0 nitrogen and oxygen atoms in total. The van der Waals surface area contributed by atoms with Crippen LogP contribution in [0.5, 0.6) is 0 Å². The average molecular weight is 471 g/mol. The normalized spacial score (nSPS) is 11.8. The second-order valence-corrected chi connectivity index (χ2v) is 11.3. The van der Waals surface area contributed by atoms with Crippen LogP contribution in [0, 0.1) is 13.8 Å². The van der Waals surface area contributed by atoms with Crippen LogP contribution in [0.15, 0.2) is 97.1 Å². The Hall–Kier alpha value is -3.46. The van der Waals surface area contributed by atoms with E-state index in [4.69, 9.17) is 0 Å². The van der Waals surface area contributed by atoms with E-state index in [1.165, 1.54) is 73.7 Å². The second kappa shape index (κ2) is 7.53. The van der Waals surface area contributed by atoms with Gasteiger partial charge in [-0.1, -0.05) is 96.1 Å². The average Bonchev–Trinajstić information content (AvgIpc) is 3.48. The summed E-state index contributed by atoms with van der Waals surface area (Å²) in [7, 11) is 0. The van der Waals surface area contributed by atoms with E-state index in [-0.39, 0.29) is 0 Å². The molecule has 2 heterocycles. The van der Waals surface area contributed by atoms with Crippen molar-refractivity contribution in [3.8, 4) is 20.9 Å². The van der Waals surface area contributed by atoms with Gasteiger partial charge in [0.25, 0.3) is 0 Å². The van der Waals surface area contributed by atoms with E-state index in [0.717, 1.165) is 0 Å². The summed E-state index contributed by atoms with van der Waals surface area (Å²) in [5.74, 6) is 0. The highest BCUT2D eigenvalue weighted by Crippen LogP contribution is 2.43. The molecule has 7 rings (SSSR count). The van der Waals surface area contributed by atoms with Crippen molar-refractivity contribution in [3.63, 3.8) is 0 Å². The number of benzene rings is 5. The zero-order valence-corrected chi connectivity index (χ0v) is 20.7. The van der Waals surface area contributed by atoms with E-state index < -0.39 is 0 Å². The summed E-state index contributed by atoms with van der Waals surface area (Å²) in [6.07, 6.45) is 0. The van der Waals surface area contributed by atoms with Crippen molar-refractivity contribution in [3.05, 3.63) is 108 Å². The molecular formula is C32H22S2. The Kier molecular flexibility index (Phi) is 4.42. The fraction of sp³-hybridized carbons (Fsp3) is 0.0625. The van der Waals surface area contributed by atoms with Crippen LogP contribution in [0.4, 0.5) is 0 Å². The summed E-state index contributed by atoms with van der Waals surface area (Å²) in [6.45, 7) is 4.32. The Morgan fingerprint density at radius 3 is 1.32 bits per heavy atom. The molecule has 0 spiro atoms. The molecule has 0 radical (unpaired) electrons. The fourth-order valence-electron chi connectivity index (χ4n) is 5.10. The lowest BCUT2D eigenvalue weighted by Gasteiger charge is -2.06. The monoisotopic (exact) mass is 470 g/mol. The Labute approximate surface area is 206 Å². The van der Waals surface area contributed by atoms with Crippen LogP contribution in [0.1, 0.15) is 11.1 Å². The van der Waals surface area contributed by atoms with Crippen molar-refractivity contribution in [2.24, 2.45) is 0 Å². The third kappa shape index (κ3) is 3.10. The molecule has 0 saturated heterocycles. The summed E-state index contributed by atoms with van der Waals surface area (Å²) in [6, 6.07) is 36.2. The second-order valence-electron chi connectivity index (χ2n) is 9.18. The first-order valence-corrected chi connectivity index (χ1v) is 13.2. The van der Waals surface area contributed by atoms with Gasteiger partial charge in [0, 0.05) is 29.9 Å². The van der Waals surface area contributed by atoms with Gasteiger partial charge >= 0.3 is 0 Å². The molecule has 2 heteroatoms. The van der Waals surface area contributed by atoms with Gasteiger partial charge in [-0.15, -0.1) is 22.7 Å². The van der Waals surface area contributed by atoms with Gasteiger partial charge in [-0.25, -0.2) is 0 Å². The highest BCUT2D eigenvalue weighted by atomic mass is 32.1. The number of hydrogen-bond donors (Lipinski definition) is 0. The topological polar surface area (TPSA) is 0 Å². The summed E-state index contributed by atoms with van der Waals surface area (Å²) >= 11 is 3.81. The lowest BCUT2D eigenvalue weighted by atomic mass is 9.99. The Balaban J connectivity index is 1.44. The molecular weight excluding hydrogens is 448 g/mol. The first kappa shape index (κ1) is 20.0. The van der Waals surface area contributed by atoms with Gasteiger partial charge in [-0.05, 0) is 58.7 Å². The van der Waals surface area contributed by atoms with Gasteiger partial charge in [0.2, 0.25) is 0 Å². The van der Waals surface area contributed by atoms with Crippen LogP contribution in [-0.2, 0) is 0 Å². The summed E-state index contributed by atoms with van der Waals surface area (Å²) in [4.78, 5) is 2.67. The summed E-state index contributed by atoms with van der Waals surface area (Å²) in [5, 5.41) is 8.04. The number of hydrogen-bond acceptors (Lipinski definition) is 2. The molecule has 0 aliphatic carbocycles. The van der Waals surface area contributed by atoms with E-state index in [9.17, 15) is 0 Å². The molecule has 0 fully saturated rings. The SMILES string of the molecule is Cc1cccc(-c2cc3ccc4c5ccc6cc(-c7cccc(C)c7)sc6c5ccc4c3s2)c1. The highest BCUT2D eigenvalue weighted by Gasteiger charge is 2.13. The zero-order valence-electron chi connectivity index (χ0n) is 19.1. The molecule has 162 valence electrons. The molecule has 0 aliphatic heterocycles. The van der Waals surface area contributed by atoms with Crippen LogP contribution in [0.3, 0.4) is 0 Å². The van der Waals surface area contributed by atoms with Crippen molar-refractivity contribution in [2.75, 3.05) is 0 Å². The number of rotatable bonds is 2. The molecule has 2 aromatic heterocycles. The minimum atomic E-state index is 1.30. The number of thiophene rings is 2. The maximum Gasteiger partial charge on any atom is 0.0428 e. The van der Waals surface area contributed by atoms with Crippen molar-refractivity contribution in [1.29, 1.82) is 0 Å². The molecule has 0 unspecified atom stereocenters. The minimum Gasteiger partial charge on any atom is -0.135 e. The van der Waals surface area contributed by atoms with E-state index >= 15 is 0 Å². The predicted octanol–water partition coefficient (Wildman–Crippen LogP) is 10.4. The zero-order chi connectivity index (χ0) is 22.8. The van der Waals surface area contributed by atoms with Crippen molar-refractivity contribution in [2.45, 2.75) is 13.8 Å². The third-order valence-corrected chi connectivity index (χ3v) is 9.23. The smallest absolute Gasteiger partial charge is 0.0428 e. The van der Waals surface area contributed by atoms with Crippen LogP contribution < -0.4 is 0 Å². The van der Waals surface area contributed by atoms with Gasteiger partial charge in [-0.2, -0.15) is 0 Å². The van der Waals surface area contributed by atoms with E-state index in [2.05, 4.69) is 111 Å². The van der Waals surface area contributed by atoms with Gasteiger partial charge in [-0.3, -0.25) is 0 Å². The lowest BCUT2D eigenvalue weighted by molar-refractivity contribution is 1.48. The Morgan fingerprint density at radius 2 is 0.882 bits per heavy atom. The van der Waals surface area contributed by atoms with Crippen LogP contribution in [0.25, 0.3) is 62.6 Å². The van der Waals surface area contributed by atoms with Crippen molar-refractivity contribution < 1.29 is 0 Å². The van der Waals surface area contributed by atoms with E-state index in [0.29, 0.717) is 0 Å². The molecule has 34 heavy (non-hydrogen) atoms. The third-order valence-electron chi connectivity index (χ3n) is 6.76. The maximum absolute atomic E-state index is 2.34. The van der Waals surface area contributed by atoms with Gasteiger partial charge in [0.1, 0.15) is 0 Å². The molecule has 7 aromatic rings. The lowest BCUT2D eigenvalue weighted by Crippen LogP contribution is -1.78. The van der Waals surface area contributed by atoms with Crippen LogP contribution in [0.2, 0.25) is 0 Å². The number of fused-ring (bicyclic) bond motifs is 7. The standard InChI is InChI=1S/C32H22S2/c1-19-5-3-7-21(15-19)29-17-23-9-11-25-26-12-10-24-18-30(22-8-4-6-20(2)16-22)34-32(24)28(26)14-13-27(25)31(23)33-29/h3-18H,1-2H3. The molecule has 0 aliphatic rings. The molecule has 0 saturated carbocycles. The quantitative estimate of drug-likeness (QED) is 0.220. The van der Waals surface area contributed by atoms with Crippen molar-refractivity contribution >= 4 is 64.4 Å². The first-order chi connectivity index (χ1) is 16.6. The van der Waals surface area contributed by atoms with Gasteiger partial charge in [0.15, 0.2) is 0 Å². The van der Waals surface area contributed by atoms with Crippen molar-refractivity contribution in [1.82, 2.24) is 0 Å². The fourth-order valence-corrected chi connectivity index (χ4v) is 7.46. The van der Waals surface area contributed by atoms with E-state index in [1.54, 1.807) is 0 Å². The molecule has 0 N–H and O–H groups in total. The Bertz CT molecular complexity index is 1740. The molecule has 0 bridgehead atoms. The minimum absolute atomic E-state index is 1.30. The largest absolute Gasteiger partial charge is 0.135 e. The van der Waals surface area contributed by atoms with Gasteiger partial charge in [0.05, 0.1) is 0 Å². The molecule has 0 amide bonds. The molecule has 5 aromatic carbocycles. The van der Waals surface area contributed by atoms with Gasteiger partial charge < -0.3 is 0 Å².